The molecule has 5 heteroatoms. The van der Waals surface area contributed by atoms with Crippen LogP contribution in [-0.2, 0) is 9.53 Å². The van der Waals surface area contributed by atoms with Crippen molar-refractivity contribution in [1.82, 2.24) is 4.90 Å². The fourth-order valence-electron chi connectivity index (χ4n) is 7.52. The molecule has 0 spiro atoms. The molecule has 2 aliphatic carbocycles. The van der Waals surface area contributed by atoms with E-state index in [4.69, 9.17) is 14.9 Å². The van der Waals surface area contributed by atoms with E-state index < -0.39 is 0 Å². The molecule has 1 aliphatic heterocycles. The summed E-state index contributed by atoms with van der Waals surface area (Å²) >= 11 is 0. The second-order valence-corrected chi connectivity index (χ2v) is 11.6. The minimum absolute atomic E-state index is 0.0532. The lowest BCUT2D eigenvalue weighted by molar-refractivity contribution is -0.127. The van der Waals surface area contributed by atoms with Crippen molar-refractivity contribution in [2.24, 2.45) is 29.4 Å². The van der Waals surface area contributed by atoms with Crippen LogP contribution in [0.2, 0.25) is 0 Å². The molecule has 3 aliphatic rings. The van der Waals surface area contributed by atoms with Crippen LogP contribution >= 0.6 is 0 Å². The van der Waals surface area contributed by atoms with Gasteiger partial charge in [0, 0.05) is 24.0 Å². The molecule has 1 saturated heterocycles. The number of rotatable bonds is 8. The van der Waals surface area contributed by atoms with Crippen LogP contribution in [0.25, 0.3) is 11.0 Å². The number of benzene rings is 1. The van der Waals surface area contributed by atoms with Gasteiger partial charge in [0.1, 0.15) is 5.58 Å². The first-order valence-electron chi connectivity index (χ1n) is 14.1. The van der Waals surface area contributed by atoms with Gasteiger partial charge in [-0.15, -0.1) is 0 Å². The molecule has 3 fully saturated rings. The third kappa shape index (κ3) is 5.77. The summed E-state index contributed by atoms with van der Waals surface area (Å²) in [5, 5.41) is 1.30. The molecule has 35 heavy (non-hydrogen) atoms. The minimum atomic E-state index is -0.0532. The molecule has 1 atom stereocenters. The van der Waals surface area contributed by atoms with Crippen LogP contribution < -0.4 is 5.73 Å². The predicted octanol–water partition coefficient (Wildman–Crippen LogP) is 6.12. The largest absolute Gasteiger partial charge is 0.464 e. The summed E-state index contributed by atoms with van der Waals surface area (Å²) in [6, 6.07) is 8.43. The summed E-state index contributed by atoms with van der Waals surface area (Å²) < 4.78 is 11.3. The maximum atomic E-state index is 12.4. The highest BCUT2D eigenvalue weighted by atomic mass is 16.5. The van der Waals surface area contributed by atoms with Crippen molar-refractivity contribution in [3.63, 3.8) is 0 Å². The molecule has 2 saturated carbocycles. The highest BCUT2D eigenvalue weighted by Gasteiger charge is 2.38. The number of piperidine rings is 1. The average molecular weight is 481 g/mol. The summed E-state index contributed by atoms with van der Waals surface area (Å²) in [4.78, 5) is 15.1. The summed E-state index contributed by atoms with van der Waals surface area (Å²) in [5.74, 6) is 2.41. The molecular weight excluding hydrogens is 436 g/mol. The molecule has 0 bridgehead atoms. The Hall–Kier alpha value is -1.85. The molecule has 192 valence electrons. The maximum Gasteiger partial charge on any atom is 0.221 e. The number of carbonyl (C=O) groups excluding carboxylic acids is 1. The van der Waals surface area contributed by atoms with Crippen molar-refractivity contribution < 1.29 is 13.9 Å². The Balaban J connectivity index is 1.05. The van der Waals surface area contributed by atoms with Gasteiger partial charge < -0.3 is 19.8 Å². The van der Waals surface area contributed by atoms with Crippen LogP contribution in [0, 0.1) is 23.7 Å². The van der Waals surface area contributed by atoms with Crippen molar-refractivity contribution in [2.45, 2.75) is 82.7 Å². The molecule has 1 aromatic heterocycles. The van der Waals surface area contributed by atoms with Crippen LogP contribution in [0.4, 0.5) is 0 Å². The van der Waals surface area contributed by atoms with Gasteiger partial charge >= 0.3 is 0 Å². The van der Waals surface area contributed by atoms with Gasteiger partial charge in [-0.1, -0.05) is 31.0 Å². The zero-order valence-electron chi connectivity index (χ0n) is 21.5. The van der Waals surface area contributed by atoms with Crippen LogP contribution in [-0.4, -0.2) is 43.7 Å². The fraction of sp³-hybridized carbons (Fsp3) is 0.700. The van der Waals surface area contributed by atoms with E-state index in [-0.39, 0.29) is 11.8 Å². The molecular formula is C30H44N2O3. The van der Waals surface area contributed by atoms with E-state index in [9.17, 15) is 4.79 Å². The van der Waals surface area contributed by atoms with Crippen molar-refractivity contribution >= 4 is 16.9 Å². The Kier molecular flexibility index (Phi) is 8.14. The van der Waals surface area contributed by atoms with E-state index in [1.165, 1.54) is 75.5 Å². The Bertz CT molecular complexity index is 947. The lowest BCUT2D eigenvalue weighted by atomic mass is 9.67. The van der Waals surface area contributed by atoms with E-state index in [2.05, 4.69) is 23.1 Å². The van der Waals surface area contributed by atoms with Gasteiger partial charge in [0.25, 0.3) is 0 Å². The quantitative estimate of drug-likeness (QED) is 0.494. The normalized spacial score (nSPS) is 29.9. The maximum absolute atomic E-state index is 12.4. The number of hydrogen-bond donors (Lipinski definition) is 1. The third-order valence-corrected chi connectivity index (χ3v) is 9.68. The Morgan fingerprint density at radius 2 is 1.66 bits per heavy atom. The molecule has 1 unspecified atom stereocenters. The van der Waals surface area contributed by atoms with Gasteiger partial charge in [0.15, 0.2) is 0 Å². The van der Waals surface area contributed by atoms with Crippen molar-refractivity contribution in [2.75, 3.05) is 26.7 Å². The van der Waals surface area contributed by atoms with Crippen LogP contribution in [0.15, 0.2) is 34.9 Å². The number of likely N-dealkylation sites (tertiary alicyclic amines) is 1. The smallest absolute Gasteiger partial charge is 0.221 e. The number of nitrogens with zero attached hydrogens (tertiary/aromatic N) is 1. The van der Waals surface area contributed by atoms with Gasteiger partial charge in [-0.2, -0.15) is 0 Å². The zero-order chi connectivity index (χ0) is 24.2. The molecule has 5 rings (SSSR count). The third-order valence-electron chi connectivity index (χ3n) is 9.68. The first-order valence-corrected chi connectivity index (χ1v) is 14.1. The summed E-state index contributed by atoms with van der Waals surface area (Å²) in [6.07, 6.45) is 15.3. The Labute approximate surface area is 210 Å². The number of methoxy groups -OCH3 is 1. The van der Waals surface area contributed by atoms with Crippen LogP contribution in [0.3, 0.4) is 0 Å². The van der Waals surface area contributed by atoms with E-state index in [1.807, 2.05) is 12.3 Å². The Morgan fingerprint density at radius 3 is 2.31 bits per heavy atom. The summed E-state index contributed by atoms with van der Waals surface area (Å²) in [6.45, 7) is 3.59. The number of furan rings is 1. The van der Waals surface area contributed by atoms with Gasteiger partial charge in [-0.05, 0) is 107 Å². The molecule has 1 aromatic carbocycles. The van der Waals surface area contributed by atoms with E-state index in [0.29, 0.717) is 23.9 Å². The number of hydrogen-bond acceptors (Lipinski definition) is 4. The molecule has 1 amide bonds. The lowest BCUT2D eigenvalue weighted by Gasteiger charge is -2.39. The standard InChI is InChI=1S/C30H44N2O3/c1-34-25-12-10-24(11-13-25)29(30(31)33)23-8-6-21(7-9-23)14-17-32-18-15-22(16-19-32)27-20-35-28-5-3-2-4-26(27)28/h2-5,20-25,29H,6-19H2,1H3,(H2,31,33). The van der Waals surface area contributed by atoms with Gasteiger partial charge in [0.05, 0.1) is 12.4 Å². The van der Waals surface area contributed by atoms with Crippen LogP contribution in [0.5, 0.6) is 0 Å². The van der Waals surface area contributed by atoms with Gasteiger partial charge in [-0.25, -0.2) is 0 Å². The minimum Gasteiger partial charge on any atom is -0.464 e. The molecule has 2 N–H and O–H groups in total. The number of ether oxygens (including phenoxy) is 1. The van der Waals surface area contributed by atoms with Crippen LogP contribution in [0.1, 0.15) is 82.1 Å². The lowest BCUT2D eigenvalue weighted by Crippen LogP contribution is -2.40. The van der Waals surface area contributed by atoms with E-state index in [1.54, 1.807) is 7.11 Å². The average Bonchev–Trinajstić information content (AvgIpc) is 3.33. The molecule has 5 nitrogen and oxygen atoms in total. The number of fused-ring (bicyclic) bond motifs is 1. The van der Waals surface area contributed by atoms with Gasteiger partial charge in [0.2, 0.25) is 5.91 Å². The van der Waals surface area contributed by atoms with Crippen molar-refractivity contribution in [3.8, 4) is 0 Å². The second-order valence-electron chi connectivity index (χ2n) is 11.6. The number of nitrogens with two attached hydrogens (primary N) is 1. The van der Waals surface area contributed by atoms with Crippen molar-refractivity contribution in [1.29, 1.82) is 0 Å². The number of amides is 1. The zero-order valence-corrected chi connectivity index (χ0v) is 21.5. The topological polar surface area (TPSA) is 68.7 Å². The highest BCUT2D eigenvalue weighted by Crippen LogP contribution is 2.42. The summed E-state index contributed by atoms with van der Waals surface area (Å²) in [5.41, 5.74) is 8.37. The molecule has 2 aromatic rings. The van der Waals surface area contributed by atoms with Crippen molar-refractivity contribution in [3.05, 3.63) is 36.1 Å². The molecule has 0 radical (unpaired) electrons. The monoisotopic (exact) mass is 480 g/mol. The van der Waals surface area contributed by atoms with E-state index >= 15 is 0 Å². The number of primary amides is 1. The predicted molar refractivity (Wildman–Crippen MR) is 140 cm³/mol. The SMILES string of the molecule is COC1CCC(C(C(N)=O)C2CCC(CCN3CCC(c4coc5ccccc45)CC3)CC2)CC1. The Morgan fingerprint density at radius 1 is 1.00 bits per heavy atom. The number of para-hydroxylation sites is 1. The first-order chi connectivity index (χ1) is 17.1. The second kappa shape index (κ2) is 11.5. The number of carbonyl (C=O) groups is 1. The highest BCUT2D eigenvalue weighted by molar-refractivity contribution is 5.81. The molecule has 2 heterocycles. The van der Waals surface area contributed by atoms with E-state index in [0.717, 1.165) is 37.2 Å². The summed E-state index contributed by atoms with van der Waals surface area (Å²) in [7, 11) is 1.81. The first kappa shape index (κ1) is 24.8. The van der Waals surface area contributed by atoms with Gasteiger partial charge in [-0.3, -0.25) is 4.79 Å². The fourth-order valence-corrected chi connectivity index (χ4v) is 7.52.